The van der Waals surface area contributed by atoms with Crippen molar-refractivity contribution in [2.24, 2.45) is 0 Å². The summed E-state index contributed by atoms with van der Waals surface area (Å²) >= 11 is 7.23. The number of hydrogen-bond acceptors (Lipinski definition) is 6. The van der Waals surface area contributed by atoms with Gasteiger partial charge in [0.2, 0.25) is 9.30 Å². The van der Waals surface area contributed by atoms with Gasteiger partial charge >= 0.3 is 0 Å². The van der Waals surface area contributed by atoms with Gasteiger partial charge in [-0.25, -0.2) is 9.50 Å². The molecular formula is C22H15ClN4O2S2. The summed E-state index contributed by atoms with van der Waals surface area (Å²) in [5, 5.41) is 5.11. The molecule has 0 aliphatic heterocycles. The number of halogens is 1. The highest BCUT2D eigenvalue weighted by Crippen LogP contribution is 2.28. The zero-order valence-electron chi connectivity index (χ0n) is 16.0. The molecule has 0 saturated heterocycles. The lowest BCUT2D eigenvalue weighted by Crippen LogP contribution is -1.98. The van der Waals surface area contributed by atoms with E-state index >= 15 is 0 Å². The Kier molecular flexibility index (Phi) is 5.50. The fourth-order valence-corrected chi connectivity index (χ4v) is 5.18. The van der Waals surface area contributed by atoms with E-state index < -0.39 is 10.8 Å². The Bertz CT molecular complexity index is 1320. The molecule has 3 heterocycles. The molecule has 9 heteroatoms. The van der Waals surface area contributed by atoms with Crippen molar-refractivity contribution in [3.8, 4) is 22.8 Å². The summed E-state index contributed by atoms with van der Waals surface area (Å²) in [4.78, 5) is 9.55. The summed E-state index contributed by atoms with van der Waals surface area (Å²) in [6.07, 6.45) is 3.53. The smallest absolute Gasteiger partial charge is 0.213 e. The highest BCUT2D eigenvalue weighted by atomic mass is 35.5. The fourth-order valence-electron chi connectivity index (χ4n) is 2.92. The van der Waals surface area contributed by atoms with E-state index in [4.69, 9.17) is 16.3 Å². The molecule has 2 aromatic carbocycles. The van der Waals surface area contributed by atoms with Gasteiger partial charge < -0.3 is 4.74 Å². The van der Waals surface area contributed by atoms with Crippen LogP contribution in [0.2, 0.25) is 5.02 Å². The van der Waals surface area contributed by atoms with Crippen molar-refractivity contribution in [1.29, 1.82) is 0 Å². The van der Waals surface area contributed by atoms with E-state index in [0.29, 0.717) is 20.1 Å². The number of pyridine rings is 1. The van der Waals surface area contributed by atoms with Crippen molar-refractivity contribution in [2.45, 2.75) is 10.1 Å². The first-order valence-corrected chi connectivity index (χ1v) is 11.8. The third kappa shape index (κ3) is 4.51. The summed E-state index contributed by atoms with van der Waals surface area (Å²) < 4.78 is 20.6. The van der Waals surface area contributed by atoms with Crippen LogP contribution in [0.1, 0.15) is 5.69 Å². The predicted molar refractivity (Wildman–Crippen MR) is 122 cm³/mol. The lowest BCUT2D eigenvalue weighted by molar-refractivity contribution is 0.483. The number of fused-ring (bicyclic) bond motifs is 1. The molecule has 0 fully saturated rings. The van der Waals surface area contributed by atoms with Crippen molar-refractivity contribution in [1.82, 2.24) is 19.6 Å². The minimum atomic E-state index is -1.26. The summed E-state index contributed by atoms with van der Waals surface area (Å²) in [6.45, 7) is 0. The molecule has 5 rings (SSSR count). The van der Waals surface area contributed by atoms with E-state index in [1.807, 2.05) is 60.8 Å². The van der Waals surface area contributed by atoms with Gasteiger partial charge in [0.05, 0.1) is 34.1 Å². The molecule has 0 N–H and O–H groups in total. The molecule has 5 aromatic rings. The highest BCUT2D eigenvalue weighted by Gasteiger charge is 2.15. The molecule has 6 nitrogen and oxygen atoms in total. The van der Waals surface area contributed by atoms with Crippen LogP contribution in [-0.2, 0) is 16.6 Å². The van der Waals surface area contributed by atoms with Crippen molar-refractivity contribution in [3.05, 3.63) is 89.8 Å². The monoisotopic (exact) mass is 466 g/mol. The van der Waals surface area contributed by atoms with Gasteiger partial charge in [0.15, 0.2) is 0 Å². The highest BCUT2D eigenvalue weighted by molar-refractivity contribution is 7.86. The number of hydrogen-bond donors (Lipinski definition) is 0. The third-order valence-electron chi connectivity index (χ3n) is 4.42. The Morgan fingerprint density at radius 3 is 2.42 bits per heavy atom. The van der Waals surface area contributed by atoms with Crippen molar-refractivity contribution >= 4 is 38.7 Å². The molecule has 1 atom stereocenters. The fraction of sp³-hybridized carbons (Fsp3) is 0.0455. The molecule has 31 heavy (non-hydrogen) atoms. The second-order valence-electron chi connectivity index (χ2n) is 6.61. The van der Waals surface area contributed by atoms with Crippen LogP contribution in [0.4, 0.5) is 0 Å². The predicted octanol–water partition coefficient (Wildman–Crippen LogP) is 5.61. The van der Waals surface area contributed by atoms with Crippen LogP contribution in [0, 0.1) is 0 Å². The number of imidazole rings is 1. The number of ether oxygens (including phenoxy) is 1. The molecule has 0 amide bonds. The second kappa shape index (κ2) is 8.58. The van der Waals surface area contributed by atoms with Gasteiger partial charge in [-0.15, -0.1) is 5.10 Å². The van der Waals surface area contributed by atoms with E-state index in [2.05, 4.69) is 15.1 Å². The number of rotatable bonds is 6. The van der Waals surface area contributed by atoms with Crippen LogP contribution >= 0.6 is 22.9 Å². The molecule has 0 aliphatic rings. The summed E-state index contributed by atoms with van der Waals surface area (Å²) in [6, 6.07) is 20.4. The van der Waals surface area contributed by atoms with Gasteiger partial charge in [-0.3, -0.25) is 9.19 Å². The Balaban J connectivity index is 1.31. The van der Waals surface area contributed by atoms with Crippen molar-refractivity contribution in [2.75, 3.05) is 0 Å². The van der Waals surface area contributed by atoms with Crippen molar-refractivity contribution in [3.63, 3.8) is 0 Å². The zero-order chi connectivity index (χ0) is 21.2. The molecular weight excluding hydrogens is 452 g/mol. The maximum atomic E-state index is 12.6. The Hall–Kier alpha value is -3.07. The van der Waals surface area contributed by atoms with Gasteiger partial charge in [0.25, 0.3) is 0 Å². The maximum absolute atomic E-state index is 12.6. The average Bonchev–Trinajstić information content (AvgIpc) is 3.36. The Morgan fingerprint density at radius 2 is 1.74 bits per heavy atom. The van der Waals surface area contributed by atoms with Gasteiger partial charge in [-0.2, -0.15) is 0 Å². The van der Waals surface area contributed by atoms with Crippen LogP contribution in [0.3, 0.4) is 0 Å². The summed E-state index contributed by atoms with van der Waals surface area (Å²) in [5.41, 5.74) is 2.51. The number of aromatic nitrogens is 4. The van der Waals surface area contributed by atoms with Crippen LogP contribution < -0.4 is 4.74 Å². The maximum Gasteiger partial charge on any atom is 0.213 e. The summed E-state index contributed by atoms with van der Waals surface area (Å²) in [5.74, 6) is 1.77. The van der Waals surface area contributed by atoms with Gasteiger partial charge in [0.1, 0.15) is 11.5 Å². The van der Waals surface area contributed by atoms with Crippen LogP contribution in [0.15, 0.2) is 83.5 Å². The molecule has 0 saturated carbocycles. The summed E-state index contributed by atoms with van der Waals surface area (Å²) in [7, 11) is -1.26. The quantitative estimate of drug-likeness (QED) is 0.325. The third-order valence-corrected chi connectivity index (χ3v) is 7.23. The minimum absolute atomic E-state index is 0.333. The van der Waals surface area contributed by atoms with Crippen LogP contribution in [0.5, 0.6) is 11.5 Å². The van der Waals surface area contributed by atoms with Crippen LogP contribution in [-0.4, -0.2) is 23.8 Å². The normalized spacial score (nSPS) is 12.2. The van der Waals surface area contributed by atoms with E-state index in [1.54, 1.807) is 22.8 Å². The first kappa shape index (κ1) is 19.9. The van der Waals surface area contributed by atoms with Gasteiger partial charge in [0, 0.05) is 16.8 Å². The Labute approximate surface area is 189 Å². The van der Waals surface area contributed by atoms with Gasteiger partial charge in [-0.05, 0) is 60.7 Å². The lowest BCUT2D eigenvalue weighted by Gasteiger charge is -2.06. The van der Waals surface area contributed by atoms with Crippen molar-refractivity contribution < 1.29 is 8.95 Å². The molecule has 0 spiro atoms. The van der Waals surface area contributed by atoms with E-state index in [0.717, 1.165) is 28.5 Å². The standard InChI is InChI=1S/C22H15ClN4O2S2/c23-16-6-10-19(11-7-16)29-18-8-4-15(5-9-18)20-13-27-21(25-20)30-22(26-27)31(28)14-17-3-1-2-12-24-17/h1-13H,14H2. The first-order chi connectivity index (χ1) is 15.1. The molecule has 0 aliphatic carbocycles. The lowest BCUT2D eigenvalue weighted by atomic mass is 10.2. The molecule has 3 aromatic heterocycles. The molecule has 154 valence electrons. The number of nitrogens with zero attached hydrogens (tertiary/aromatic N) is 4. The largest absolute Gasteiger partial charge is 0.457 e. The second-order valence-corrected chi connectivity index (χ2v) is 9.63. The van der Waals surface area contributed by atoms with Gasteiger partial charge in [-0.1, -0.05) is 29.0 Å². The molecule has 1 unspecified atom stereocenters. The molecule has 0 bridgehead atoms. The molecule has 0 radical (unpaired) electrons. The number of benzene rings is 2. The zero-order valence-corrected chi connectivity index (χ0v) is 18.4. The SMILES string of the molecule is O=S(Cc1ccccn1)c1nn2cc(-c3ccc(Oc4ccc(Cl)cc4)cc3)nc2s1. The van der Waals surface area contributed by atoms with Crippen LogP contribution in [0.25, 0.3) is 16.2 Å². The first-order valence-electron chi connectivity index (χ1n) is 9.32. The van der Waals surface area contributed by atoms with E-state index in [1.165, 1.54) is 11.3 Å². The van der Waals surface area contributed by atoms with E-state index in [-0.39, 0.29) is 0 Å². The topological polar surface area (TPSA) is 69.4 Å². The van der Waals surface area contributed by atoms with E-state index in [9.17, 15) is 4.21 Å². The average molecular weight is 467 g/mol. The Morgan fingerprint density at radius 1 is 1.00 bits per heavy atom. The minimum Gasteiger partial charge on any atom is -0.457 e.